The Morgan fingerprint density at radius 1 is 1.39 bits per heavy atom. The van der Waals surface area contributed by atoms with Crippen LogP contribution in [0.5, 0.6) is 0 Å². The van der Waals surface area contributed by atoms with Crippen molar-refractivity contribution in [2.45, 2.75) is 32.0 Å². The number of aliphatic carboxylic acids is 1. The number of rotatable bonds is 4. The average molecular weight is 267 g/mol. The van der Waals surface area contributed by atoms with E-state index >= 15 is 0 Å². The third-order valence-corrected chi connectivity index (χ3v) is 2.91. The second-order valence-corrected chi connectivity index (χ2v) is 4.11. The topological polar surface area (TPSA) is 74.7 Å². The summed E-state index contributed by atoms with van der Waals surface area (Å²) in [5.74, 6) is -6.90. The summed E-state index contributed by atoms with van der Waals surface area (Å²) in [7, 11) is 0. The molecule has 102 valence electrons. The highest BCUT2D eigenvalue weighted by atomic mass is 19.4. The van der Waals surface area contributed by atoms with Crippen molar-refractivity contribution in [1.82, 2.24) is 4.90 Å². The lowest BCUT2D eigenvalue weighted by atomic mass is 9.94. The molecule has 8 heteroatoms. The van der Waals surface area contributed by atoms with Crippen molar-refractivity contribution in [3.63, 3.8) is 0 Å². The van der Waals surface area contributed by atoms with E-state index in [1.54, 1.807) is 0 Å². The molecule has 1 rings (SSSR count). The first-order chi connectivity index (χ1) is 8.16. The van der Waals surface area contributed by atoms with Gasteiger partial charge >= 0.3 is 12.1 Å². The summed E-state index contributed by atoms with van der Waals surface area (Å²) < 4.78 is 36.9. The van der Waals surface area contributed by atoms with Gasteiger partial charge in [-0.3, -0.25) is 14.4 Å². The zero-order chi connectivity index (χ0) is 14.1. The number of carboxylic acids is 1. The number of carbonyl (C=O) groups is 3. The van der Waals surface area contributed by atoms with Crippen LogP contribution in [-0.2, 0) is 14.4 Å². The Labute approximate surface area is 101 Å². The molecule has 2 unspecified atom stereocenters. The summed E-state index contributed by atoms with van der Waals surface area (Å²) in [4.78, 5) is 34.3. The maximum atomic E-state index is 12.3. The van der Waals surface area contributed by atoms with Crippen LogP contribution < -0.4 is 0 Å². The van der Waals surface area contributed by atoms with E-state index in [-0.39, 0.29) is 13.0 Å². The van der Waals surface area contributed by atoms with Crippen LogP contribution in [0.2, 0.25) is 0 Å². The van der Waals surface area contributed by atoms with Crippen LogP contribution in [0, 0.1) is 5.92 Å². The molecule has 0 aromatic heterocycles. The van der Waals surface area contributed by atoms with Gasteiger partial charge in [0.1, 0.15) is 5.92 Å². The molecule has 0 saturated carbocycles. The molecule has 1 aliphatic heterocycles. The third-order valence-electron chi connectivity index (χ3n) is 2.91. The van der Waals surface area contributed by atoms with Crippen LogP contribution in [0.4, 0.5) is 13.2 Å². The monoisotopic (exact) mass is 267 g/mol. The fourth-order valence-corrected chi connectivity index (χ4v) is 1.99. The SMILES string of the molecule is CC(C(C(=O)O)C(=O)C(F)(F)F)N1CCCC1=O. The molecule has 0 aromatic rings. The molecule has 1 heterocycles. The second-order valence-electron chi connectivity index (χ2n) is 4.11. The Balaban J connectivity index is 2.95. The standard InChI is InChI=1S/C10H12F3NO4/c1-5(14-4-2-3-6(14)15)7(9(17)18)8(16)10(11,12)13/h5,7H,2-4H2,1H3,(H,17,18). The van der Waals surface area contributed by atoms with Gasteiger partial charge in [-0.05, 0) is 13.3 Å². The highest BCUT2D eigenvalue weighted by Gasteiger charge is 2.50. The zero-order valence-corrected chi connectivity index (χ0v) is 9.53. The van der Waals surface area contributed by atoms with E-state index in [9.17, 15) is 27.6 Å². The number of Topliss-reactive ketones (excluding diaryl/α,β-unsaturated/α-hetero) is 1. The van der Waals surface area contributed by atoms with Gasteiger partial charge in [0.05, 0.1) is 0 Å². The van der Waals surface area contributed by atoms with Gasteiger partial charge in [-0.2, -0.15) is 13.2 Å². The van der Waals surface area contributed by atoms with Crippen molar-refractivity contribution < 1.29 is 32.7 Å². The fourth-order valence-electron chi connectivity index (χ4n) is 1.99. The number of likely N-dealkylation sites (tertiary alicyclic amines) is 1. The maximum absolute atomic E-state index is 12.3. The lowest BCUT2D eigenvalue weighted by molar-refractivity contribution is -0.182. The van der Waals surface area contributed by atoms with Crippen LogP contribution in [0.1, 0.15) is 19.8 Å². The number of nitrogens with zero attached hydrogens (tertiary/aromatic N) is 1. The van der Waals surface area contributed by atoms with E-state index in [4.69, 9.17) is 5.11 Å². The summed E-state index contributed by atoms with van der Waals surface area (Å²) in [6.45, 7) is 1.32. The van der Waals surface area contributed by atoms with Crippen LogP contribution in [-0.4, -0.2) is 46.4 Å². The van der Waals surface area contributed by atoms with Gasteiger partial charge < -0.3 is 10.0 Å². The van der Waals surface area contributed by atoms with E-state index < -0.39 is 35.8 Å². The Morgan fingerprint density at radius 2 is 1.94 bits per heavy atom. The van der Waals surface area contributed by atoms with Gasteiger partial charge in [0.2, 0.25) is 5.91 Å². The van der Waals surface area contributed by atoms with Crippen molar-refractivity contribution in [3.8, 4) is 0 Å². The van der Waals surface area contributed by atoms with Crippen molar-refractivity contribution in [2.24, 2.45) is 5.92 Å². The molecule has 1 saturated heterocycles. The van der Waals surface area contributed by atoms with Crippen LogP contribution in [0.15, 0.2) is 0 Å². The molecular formula is C10H12F3NO4. The Hall–Kier alpha value is -1.60. The molecule has 2 atom stereocenters. The smallest absolute Gasteiger partial charge is 0.450 e. The molecule has 1 fully saturated rings. The van der Waals surface area contributed by atoms with Crippen molar-refractivity contribution in [1.29, 1.82) is 0 Å². The fraction of sp³-hybridized carbons (Fsp3) is 0.700. The van der Waals surface area contributed by atoms with Gasteiger partial charge in [0.25, 0.3) is 5.78 Å². The summed E-state index contributed by atoms with van der Waals surface area (Å²) in [6, 6.07) is -1.30. The first-order valence-electron chi connectivity index (χ1n) is 5.29. The number of amides is 1. The average Bonchev–Trinajstić information content (AvgIpc) is 2.62. The lowest BCUT2D eigenvalue weighted by Crippen LogP contribution is -2.49. The van der Waals surface area contributed by atoms with E-state index in [1.165, 1.54) is 0 Å². The first kappa shape index (κ1) is 14.5. The molecule has 0 aromatic carbocycles. The summed E-state index contributed by atoms with van der Waals surface area (Å²) in [6.07, 6.45) is -4.60. The second kappa shape index (κ2) is 4.95. The number of ketones is 1. The highest BCUT2D eigenvalue weighted by molar-refractivity contribution is 6.02. The number of hydrogen-bond acceptors (Lipinski definition) is 3. The minimum Gasteiger partial charge on any atom is -0.481 e. The van der Waals surface area contributed by atoms with Crippen molar-refractivity contribution in [3.05, 3.63) is 0 Å². The predicted octanol–water partition coefficient (Wildman–Crippen LogP) is 0.830. The quantitative estimate of drug-likeness (QED) is 0.765. The largest absolute Gasteiger partial charge is 0.481 e. The summed E-state index contributed by atoms with van der Waals surface area (Å²) >= 11 is 0. The number of halogens is 3. The third kappa shape index (κ3) is 2.80. The molecule has 5 nitrogen and oxygen atoms in total. The Morgan fingerprint density at radius 3 is 2.28 bits per heavy atom. The van der Waals surface area contributed by atoms with Crippen LogP contribution in [0.3, 0.4) is 0 Å². The van der Waals surface area contributed by atoms with E-state index in [0.717, 1.165) is 11.8 Å². The lowest BCUT2D eigenvalue weighted by Gasteiger charge is -2.28. The van der Waals surface area contributed by atoms with E-state index in [0.29, 0.717) is 6.42 Å². The molecule has 1 aliphatic rings. The zero-order valence-electron chi connectivity index (χ0n) is 9.53. The summed E-state index contributed by atoms with van der Waals surface area (Å²) in [5, 5.41) is 8.77. The molecule has 0 spiro atoms. The molecular weight excluding hydrogens is 255 g/mol. The van der Waals surface area contributed by atoms with Gasteiger partial charge in [-0.1, -0.05) is 0 Å². The Bertz CT molecular complexity index is 380. The molecule has 1 amide bonds. The number of hydrogen-bond donors (Lipinski definition) is 1. The minimum absolute atomic E-state index is 0.164. The maximum Gasteiger partial charge on any atom is 0.450 e. The predicted molar refractivity (Wildman–Crippen MR) is 52.6 cm³/mol. The highest BCUT2D eigenvalue weighted by Crippen LogP contribution is 2.27. The minimum atomic E-state index is -5.22. The van der Waals surface area contributed by atoms with Gasteiger partial charge in [0, 0.05) is 19.0 Å². The molecule has 18 heavy (non-hydrogen) atoms. The normalized spacial score (nSPS) is 19.8. The van der Waals surface area contributed by atoms with Crippen LogP contribution in [0.25, 0.3) is 0 Å². The van der Waals surface area contributed by atoms with Crippen molar-refractivity contribution in [2.75, 3.05) is 6.54 Å². The van der Waals surface area contributed by atoms with Gasteiger partial charge in [-0.15, -0.1) is 0 Å². The summed E-state index contributed by atoms with van der Waals surface area (Å²) in [5.41, 5.74) is 0. The van der Waals surface area contributed by atoms with Crippen molar-refractivity contribution >= 4 is 17.7 Å². The molecule has 0 bridgehead atoms. The number of carboxylic acid groups (broad SMARTS) is 1. The van der Waals surface area contributed by atoms with Gasteiger partial charge in [0.15, 0.2) is 0 Å². The first-order valence-corrected chi connectivity index (χ1v) is 5.29. The number of alkyl halides is 3. The van der Waals surface area contributed by atoms with Crippen LogP contribution >= 0.6 is 0 Å². The van der Waals surface area contributed by atoms with E-state index in [1.807, 2.05) is 0 Å². The molecule has 0 aliphatic carbocycles. The van der Waals surface area contributed by atoms with E-state index in [2.05, 4.69) is 0 Å². The molecule has 0 radical (unpaired) electrons. The Kier molecular flexibility index (Phi) is 3.98. The molecule has 1 N–H and O–H groups in total. The van der Waals surface area contributed by atoms with Gasteiger partial charge in [-0.25, -0.2) is 0 Å². The number of carbonyl (C=O) groups excluding carboxylic acids is 2.